The van der Waals surface area contributed by atoms with Crippen molar-refractivity contribution in [3.63, 3.8) is 0 Å². The summed E-state index contributed by atoms with van der Waals surface area (Å²) >= 11 is 0. The van der Waals surface area contributed by atoms with Gasteiger partial charge in [-0.2, -0.15) is 0 Å². The number of hydrogen-bond donors (Lipinski definition) is 0. The highest BCUT2D eigenvalue weighted by Crippen LogP contribution is 2.23. The minimum absolute atomic E-state index is 0.126. The number of Topliss-reactive ketones (excluding diaryl/α,β-unsaturated/α-hetero) is 1. The predicted molar refractivity (Wildman–Crippen MR) is 67.1 cm³/mol. The van der Waals surface area contributed by atoms with Gasteiger partial charge < -0.3 is 14.9 Å². The van der Waals surface area contributed by atoms with Gasteiger partial charge in [0.25, 0.3) is 0 Å². The molecule has 0 radical (unpaired) electrons. The van der Waals surface area contributed by atoms with Crippen LogP contribution in [-0.2, 0) is 0 Å². The lowest BCUT2D eigenvalue weighted by molar-refractivity contribution is -0.390. The van der Waals surface area contributed by atoms with Crippen LogP contribution in [0.3, 0.4) is 0 Å². The van der Waals surface area contributed by atoms with Gasteiger partial charge >= 0.3 is 5.82 Å². The zero-order valence-electron chi connectivity index (χ0n) is 10.2. The molecular weight excluding hydrogens is 267 g/mol. The fraction of sp³-hybridized carbons (Fsp3) is 0.0769. The highest BCUT2D eigenvalue weighted by atomic mass is 19.1. The molecule has 0 aliphatic heterocycles. The summed E-state index contributed by atoms with van der Waals surface area (Å²) in [6.45, 7) is -0.506. The van der Waals surface area contributed by atoms with Crippen LogP contribution in [0, 0.1) is 15.9 Å². The van der Waals surface area contributed by atoms with Crippen molar-refractivity contribution in [3.05, 3.63) is 64.1 Å². The van der Waals surface area contributed by atoms with Gasteiger partial charge in [-0.25, -0.2) is 4.39 Å². The van der Waals surface area contributed by atoms with E-state index in [0.29, 0.717) is 0 Å². The molecule has 2 rings (SSSR count). The van der Waals surface area contributed by atoms with E-state index in [9.17, 15) is 19.3 Å². The zero-order valence-corrected chi connectivity index (χ0v) is 10.2. The quantitative estimate of drug-likeness (QED) is 0.475. The number of aromatic nitrogens is 1. The first kappa shape index (κ1) is 13.6. The maximum atomic E-state index is 13.4. The van der Waals surface area contributed by atoms with E-state index in [1.54, 1.807) is 0 Å². The maximum absolute atomic E-state index is 13.4. The topological polar surface area (TPSA) is 82.3 Å². The zero-order chi connectivity index (χ0) is 14.5. The van der Waals surface area contributed by atoms with Crippen molar-refractivity contribution in [1.29, 1.82) is 0 Å². The van der Waals surface area contributed by atoms with Crippen LogP contribution in [0.1, 0.15) is 10.4 Å². The van der Waals surface area contributed by atoms with Crippen LogP contribution in [0.4, 0.5) is 10.2 Å². The molecule has 7 heteroatoms. The molecule has 102 valence electrons. The van der Waals surface area contributed by atoms with E-state index in [1.807, 2.05) is 0 Å². The van der Waals surface area contributed by atoms with E-state index in [-0.39, 0.29) is 11.3 Å². The molecule has 0 saturated heterocycles. The van der Waals surface area contributed by atoms with Crippen molar-refractivity contribution >= 4 is 11.6 Å². The lowest BCUT2D eigenvalue weighted by atomic mass is 10.1. The molecule has 0 fully saturated rings. The number of halogens is 1. The van der Waals surface area contributed by atoms with Crippen LogP contribution in [0.15, 0.2) is 42.6 Å². The Kier molecular flexibility index (Phi) is 3.99. The third kappa shape index (κ3) is 2.94. The number of nitro groups is 1. The number of rotatable bonds is 5. The molecule has 0 N–H and O–H groups in total. The molecule has 2 aromatic rings. The summed E-state index contributed by atoms with van der Waals surface area (Å²) < 4.78 is 18.4. The van der Waals surface area contributed by atoms with Gasteiger partial charge in [-0.1, -0.05) is 12.1 Å². The Morgan fingerprint density at radius 2 is 2.05 bits per heavy atom. The first-order valence-corrected chi connectivity index (χ1v) is 5.59. The van der Waals surface area contributed by atoms with Crippen molar-refractivity contribution in [3.8, 4) is 5.75 Å². The van der Waals surface area contributed by atoms with Crippen molar-refractivity contribution in [2.75, 3.05) is 6.61 Å². The lowest BCUT2D eigenvalue weighted by Crippen LogP contribution is -2.14. The summed E-state index contributed by atoms with van der Waals surface area (Å²) in [5.41, 5.74) is -0.126. The van der Waals surface area contributed by atoms with Gasteiger partial charge in [0.05, 0.1) is 5.56 Å². The second kappa shape index (κ2) is 5.87. The number of ether oxygens (including phenoxy) is 1. The normalized spacial score (nSPS) is 10.1. The van der Waals surface area contributed by atoms with Gasteiger partial charge in [0.2, 0.25) is 11.5 Å². The average Bonchev–Trinajstić information content (AvgIpc) is 2.45. The number of ketones is 1. The molecule has 6 nitrogen and oxygen atoms in total. The Bertz CT molecular complexity index is 660. The number of carbonyl (C=O) groups is 1. The molecule has 1 heterocycles. The SMILES string of the molecule is O=C(COc1cccnc1[N+](=O)[O-])c1ccccc1F. The second-order valence-electron chi connectivity index (χ2n) is 3.77. The molecule has 0 amide bonds. The smallest absolute Gasteiger partial charge is 0.406 e. The van der Waals surface area contributed by atoms with E-state index < -0.39 is 28.9 Å². The predicted octanol–water partition coefficient (Wildman–Crippen LogP) is 2.39. The van der Waals surface area contributed by atoms with Crippen LogP contribution in [-0.4, -0.2) is 22.3 Å². The van der Waals surface area contributed by atoms with Crippen molar-refractivity contribution < 1.29 is 18.8 Å². The second-order valence-corrected chi connectivity index (χ2v) is 3.77. The highest BCUT2D eigenvalue weighted by molar-refractivity contribution is 5.97. The minimum atomic E-state index is -0.719. The number of hydrogen-bond acceptors (Lipinski definition) is 5. The van der Waals surface area contributed by atoms with Crippen molar-refractivity contribution in [2.24, 2.45) is 0 Å². The molecule has 0 spiro atoms. The third-order valence-corrected chi connectivity index (χ3v) is 2.46. The average molecular weight is 276 g/mol. The molecule has 1 aromatic carbocycles. The summed E-state index contributed by atoms with van der Waals surface area (Å²) in [4.78, 5) is 25.3. The molecule has 1 aromatic heterocycles. The van der Waals surface area contributed by atoms with Gasteiger partial charge in [0.15, 0.2) is 6.61 Å². The lowest BCUT2D eigenvalue weighted by Gasteiger charge is -2.06. The largest absolute Gasteiger partial charge is 0.477 e. The highest BCUT2D eigenvalue weighted by Gasteiger charge is 2.18. The number of benzene rings is 1. The molecule has 20 heavy (non-hydrogen) atoms. The van der Waals surface area contributed by atoms with E-state index in [1.165, 1.54) is 36.5 Å². The first-order chi connectivity index (χ1) is 9.59. The molecule has 0 bridgehead atoms. The number of carbonyl (C=O) groups excluding carboxylic acids is 1. The number of pyridine rings is 1. The van der Waals surface area contributed by atoms with E-state index in [4.69, 9.17) is 4.74 Å². The Morgan fingerprint density at radius 1 is 1.30 bits per heavy atom. The summed E-state index contributed by atoms with van der Waals surface area (Å²) in [5, 5.41) is 10.7. The standard InChI is InChI=1S/C13H9FN2O4/c14-10-5-2-1-4-9(10)11(17)8-20-12-6-3-7-15-13(12)16(18)19/h1-7H,8H2. The summed E-state index contributed by atoms with van der Waals surface area (Å²) in [6, 6.07) is 8.20. The van der Waals surface area contributed by atoms with Gasteiger partial charge in [-0.05, 0) is 34.2 Å². The monoisotopic (exact) mass is 276 g/mol. The molecular formula is C13H9FN2O4. The van der Waals surface area contributed by atoms with Crippen molar-refractivity contribution in [2.45, 2.75) is 0 Å². The van der Waals surface area contributed by atoms with Gasteiger partial charge in [-0.3, -0.25) is 4.79 Å². The van der Waals surface area contributed by atoms with Crippen molar-refractivity contribution in [1.82, 2.24) is 4.98 Å². The Hall–Kier alpha value is -2.83. The fourth-order valence-electron chi connectivity index (χ4n) is 1.54. The van der Waals surface area contributed by atoms with Crippen LogP contribution in [0.5, 0.6) is 5.75 Å². The molecule has 0 saturated carbocycles. The van der Waals surface area contributed by atoms with E-state index in [0.717, 1.165) is 6.07 Å². The summed E-state index contributed by atoms with van der Waals surface area (Å²) in [7, 11) is 0. The molecule has 0 aliphatic carbocycles. The Labute approximate surface area is 113 Å². The molecule has 0 atom stereocenters. The Morgan fingerprint density at radius 3 is 2.75 bits per heavy atom. The van der Waals surface area contributed by atoms with Gasteiger partial charge in [-0.15, -0.1) is 0 Å². The first-order valence-electron chi connectivity index (χ1n) is 5.59. The van der Waals surface area contributed by atoms with E-state index >= 15 is 0 Å². The van der Waals surface area contributed by atoms with Gasteiger partial charge in [0, 0.05) is 0 Å². The maximum Gasteiger partial charge on any atom is 0.406 e. The third-order valence-electron chi connectivity index (χ3n) is 2.46. The van der Waals surface area contributed by atoms with Crippen LogP contribution >= 0.6 is 0 Å². The van der Waals surface area contributed by atoms with Gasteiger partial charge in [0.1, 0.15) is 12.0 Å². The van der Waals surface area contributed by atoms with Crippen LogP contribution in [0.2, 0.25) is 0 Å². The van der Waals surface area contributed by atoms with E-state index in [2.05, 4.69) is 4.98 Å². The Balaban J connectivity index is 2.12. The van der Waals surface area contributed by atoms with Crippen LogP contribution < -0.4 is 4.74 Å². The van der Waals surface area contributed by atoms with Crippen LogP contribution in [0.25, 0.3) is 0 Å². The summed E-state index contributed by atoms with van der Waals surface area (Å²) in [5.74, 6) is -1.90. The molecule has 0 unspecified atom stereocenters. The minimum Gasteiger partial charge on any atom is -0.477 e. The number of nitrogens with zero attached hydrogens (tertiary/aromatic N) is 2. The molecule has 0 aliphatic rings. The fourth-order valence-corrected chi connectivity index (χ4v) is 1.54. The summed E-state index contributed by atoms with van der Waals surface area (Å²) in [6.07, 6.45) is 1.24.